The first-order valence-electron chi connectivity index (χ1n) is 11.8. The Kier molecular flexibility index (Phi) is 7.05. The van der Waals surface area contributed by atoms with E-state index in [2.05, 4.69) is 16.0 Å². The molecule has 0 bridgehead atoms. The van der Waals surface area contributed by atoms with Crippen molar-refractivity contribution in [3.63, 3.8) is 0 Å². The van der Waals surface area contributed by atoms with E-state index < -0.39 is 11.8 Å². The predicted octanol–water partition coefficient (Wildman–Crippen LogP) is 4.17. The van der Waals surface area contributed by atoms with Crippen molar-refractivity contribution in [3.05, 3.63) is 102 Å². The van der Waals surface area contributed by atoms with Crippen LogP contribution in [0.15, 0.2) is 91.1 Å². The van der Waals surface area contributed by atoms with Crippen LogP contribution in [-0.4, -0.2) is 40.9 Å². The summed E-state index contributed by atoms with van der Waals surface area (Å²) in [6, 6.07) is 25.9. The second kappa shape index (κ2) is 10.9. The minimum atomic E-state index is -0.484. The molecule has 0 radical (unpaired) electrons. The van der Waals surface area contributed by atoms with E-state index in [0.29, 0.717) is 29.2 Å². The monoisotopic (exact) mass is 482 g/mol. The van der Waals surface area contributed by atoms with Crippen molar-refractivity contribution in [1.29, 1.82) is 0 Å². The summed E-state index contributed by atoms with van der Waals surface area (Å²) in [4.78, 5) is 26.1. The summed E-state index contributed by atoms with van der Waals surface area (Å²) >= 11 is 0. The summed E-state index contributed by atoms with van der Waals surface area (Å²) in [6.07, 6.45) is 3.62. The highest BCUT2D eigenvalue weighted by Gasteiger charge is 2.21. The number of para-hydroxylation sites is 2. The number of rotatable bonds is 7. The fraction of sp³-hybridized carbons (Fsp3) is 0.179. The van der Waals surface area contributed by atoms with Crippen LogP contribution < -0.4 is 15.6 Å². The number of benzene rings is 3. The van der Waals surface area contributed by atoms with E-state index in [-0.39, 0.29) is 6.10 Å². The molecule has 0 saturated carbocycles. The van der Waals surface area contributed by atoms with Crippen LogP contribution in [0.4, 0.5) is 0 Å². The summed E-state index contributed by atoms with van der Waals surface area (Å²) in [6.45, 7) is 1.10. The minimum Gasteiger partial charge on any atom is -0.490 e. The van der Waals surface area contributed by atoms with Crippen LogP contribution in [0.25, 0.3) is 16.9 Å². The summed E-state index contributed by atoms with van der Waals surface area (Å²) in [5.74, 6) is -0.535. The van der Waals surface area contributed by atoms with Gasteiger partial charge in [-0.25, -0.2) is 4.68 Å². The quantitative estimate of drug-likeness (QED) is 0.386. The highest BCUT2D eigenvalue weighted by Crippen LogP contribution is 2.24. The number of carbonyl (C=O) groups is 2. The number of nitrogens with one attached hydrogen (secondary N) is 2. The average Bonchev–Trinajstić information content (AvgIpc) is 3.62. The van der Waals surface area contributed by atoms with Crippen molar-refractivity contribution >= 4 is 11.8 Å². The Labute approximate surface area is 208 Å². The second-order valence-electron chi connectivity index (χ2n) is 8.39. The first-order valence-corrected chi connectivity index (χ1v) is 11.8. The highest BCUT2D eigenvalue weighted by molar-refractivity contribution is 6.03. The van der Waals surface area contributed by atoms with Crippen molar-refractivity contribution in [2.24, 2.45) is 0 Å². The maximum atomic E-state index is 13.2. The van der Waals surface area contributed by atoms with Crippen LogP contribution in [-0.2, 0) is 4.74 Å². The van der Waals surface area contributed by atoms with E-state index in [1.165, 1.54) is 0 Å². The molecule has 36 heavy (non-hydrogen) atoms. The zero-order valence-electron chi connectivity index (χ0n) is 19.6. The predicted molar refractivity (Wildman–Crippen MR) is 135 cm³/mol. The number of amides is 2. The fourth-order valence-electron chi connectivity index (χ4n) is 4.05. The summed E-state index contributed by atoms with van der Waals surface area (Å²) < 4.78 is 13.1. The Morgan fingerprint density at radius 3 is 2.28 bits per heavy atom. The van der Waals surface area contributed by atoms with Gasteiger partial charge in [0.25, 0.3) is 11.8 Å². The molecule has 4 aromatic rings. The molecule has 8 heteroatoms. The first kappa shape index (κ1) is 23.3. The first-order chi connectivity index (χ1) is 17.7. The van der Waals surface area contributed by atoms with Crippen LogP contribution >= 0.6 is 0 Å². The normalized spacial score (nSPS) is 14.8. The van der Waals surface area contributed by atoms with Crippen molar-refractivity contribution in [2.75, 3.05) is 13.2 Å². The third-order valence-electron chi connectivity index (χ3n) is 5.90. The molecule has 2 amide bonds. The summed E-state index contributed by atoms with van der Waals surface area (Å²) in [5.41, 5.74) is 7.79. The zero-order valence-corrected chi connectivity index (χ0v) is 19.6. The Morgan fingerprint density at radius 2 is 1.56 bits per heavy atom. The summed E-state index contributed by atoms with van der Waals surface area (Å²) in [5, 5.41) is 4.64. The van der Waals surface area contributed by atoms with Gasteiger partial charge in [0.05, 0.1) is 22.9 Å². The van der Waals surface area contributed by atoms with Crippen LogP contribution in [0.5, 0.6) is 5.75 Å². The molecular weight excluding hydrogens is 456 g/mol. The van der Waals surface area contributed by atoms with Crippen molar-refractivity contribution < 1.29 is 19.1 Å². The molecule has 1 saturated heterocycles. The third kappa shape index (κ3) is 5.29. The molecule has 2 N–H and O–H groups in total. The van der Waals surface area contributed by atoms with Gasteiger partial charge in [0.15, 0.2) is 0 Å². The van der Waals surface area contributed by atoms with Crippen molar-refractivity contribution in [2.45, 2.75) is 18.9 Å². The lowest BCUT2D eigenvalue weighted by Gasteiger charge is -2.14. The van der Waals surface area contributed by atoms with Gasteiger partial charge in [-0.05, 0) is 37.1 Å². The standard InChI is InChI=1S/C28H26N4O4/c33-27(23-15-7-8-16-25(23)36-19-22-14-9-17-35-22)29-30-28(34)24-18-32(21-12-5-2-6-13-21)31-26(24)20-10-3-1-4-11-20/h1-8,10-13,15-16,18,22H,9,14,17,19H2,(H,29,33)(H,30,34)/t22-/m0/s1. The molecule has 1 aromatic heterocycles. The largest absolute Gasteiger partial charge is 0.490 e. The molecule has 8 nitrogen and oxygen atoms in total. The van der Waals surface area contributed by atoms with Crippen LogP contribution in [0, 0.1) is 0 Å². The number of hydrogen-bond donors (Lipinski definition) is 2. The average molecular weight is 483 g/mol. The number of hydrazine groups is 1. The van der Waals surface area contributed by atoms with Crippen molar-refractivity contribution in [3.8, 4) is 22.7 Å². The Hall–Kier alpha value is -4.43. The maximum absolute atomic E-state index is 13.2. The lowest BCUT2D eigenvalue weighted by Crippen LogP contribution is -2.41. The number of nitrogens with zero attached hydrogens (tertiary/aromatic N) is 2. The lowest BCUT2D eigenvalue weighted by molar-refractivity contribution is 0.0669. The Balaban J connectivity index is 1.32. The zero-order chi connectivity index (χ0) is 24.7. The minimum absolute atomic E-state index is 0.0263. The molecule has 3 aromatic carbocycles. The van der Waals surface area contributed by atoms with E-state index >= 15 is 0 Å². The van der Waals surface area contributed by atoms with E-state index in [1.807, 2.05) is 60.7 Å². The Bertz CT molecular complexity index is 1330. The van der Waals surface area contributed by atoms with Gasteiger partial charge in [-0.15, -0.1) is 0 Å². The smallest absolute Gasteiger partial charge is 0.273 e. The number of aromatic nitrogens is 2. The topological polar surface area (TPSA) is 94.5 Å². The van der Waals surface area contributed by atoms with E-state index in [0.717, 1.165) is 30.7 Å². The Morgan fingerprint density at radius 1 is 0.889 bits per heavy atom. The summed E-state index contributed by atoms with van der Waals surface area (Å²) in [7, 11) is 0. The molecule has 1 aliphatic rings. The van der Waals surface area contributed by atoms with Gasteiger partial charge in [-0.3, -0.25) is 20.4 Å². The van der Waals surface area contributed by atoms with E-state index in [4.69, 9.17) is 9.47 Å². The lowest BCUT2D eigenvalue weighted by atomic mass is 10.1. The van der Waals surface area contributed by atoms with Gasteiger partial charge in [0, 0.05) is 18.4 Å². The molecule has 0 aliphatic carbocycles. The van der Waals surface area contributed by atoms with Gasteiger partial charge in [0.2, 0.25) is 0 Å². The molecule has 1 fully saturated rings. The molecule has 1 aliphatic heterocycles. The third-order valence-corrected chi connectivity index (χ3v) is 5.90. The molecule has 182 valence electrons. The molecular formula is C28H26N4O4. The second-order valence-corrected chi connectivity index (χ2v) is 8.39. The number of carbonyl (C=O) groups excluding carboxylic acids is 2. The number of ether oxygens (including phenoxy) is 2. The molecule has 2 heterocycles. The van der Waals surface area contributed by atoms with Crippen molar-refractivity contribution in [1.82, 2.24) is 20.6 Å². The van der Waals surface area contributed by atoms with Gasteiger partial charge >= 0.3 is 0 Å². The van der Waals surface area contributed by atoms with Gasteiger partial charge in [-0.2, -0.15) is 5.10 Å². The van der Waals surface area contributed by atoms with Gasteiger partial charge in [0.1, 0.15) is 18.1 Å². The van der Waals surface area contributed by atoms with Crippen LogP contribution in [0.1, 0.15) is 33.6 Å². The van der Waals surface area contributed by atoms with Gasteiger partial charge in [-0.1, -0.05) is 60.7 Å². The molecule has 0 unspecified atom stereocenters. The van der Waals surface area contributed by atoms with E-state index in [9.17, 15) is 9.59 Å². The SMILES string of the molecule is O=C(NNC(=O)c1cn(-c2ccccc2)nc1-c1ccccc1)c1ccccc1OC[C@@H]1CCCO1. The molecule has 1 atom stereocenters. The molecule has 5 rings (SSSR count). The van der Waals surface area contributed by atoms with E-state index in [1.54, 1.807) is 35.1 Å². The number of hydrogen-bond acceptors (Lipinski definition) is 5. The fourth-order valence-corrected chi connectivity index (χ4v) is 4.05. The molecule has 0 spiro atoms. The highest BCUT2D eigenvalue weighted by atomic mass is 16.5. The van der Waals surface area contributed by atoms with Gasteiger partial charge < -0.3 is 9.47 Å². The van der Waals surface area contributed by atoms with Crippen LogP contribution in [0.3, 0.4) is 0 Å². The van der Waals surface area contributed by atoms with Crippen LogP contribution in [0.2, 0.25) is 0 Å². The maximum Gasteiger partial charge on any atom is 0.273 e.